The Morgan fingerprint density at radius 3 is 2.33 bits per heavy atom. The quantitative estimate of drug-likeness (QED) is 0.488. The molecule has 0 aliphatic heterocycles. The van der Waals surface area contributed by atoms with E-state index in [0.717, 1.165) is 0 Å². The van der Waals surface area contributed by atoms with Crippen molar-refractivity contribution in [3.63, 3.8) is 0 Å². The van der Waals surface area contributed by atoms with E-state index in [9.17, 15) is 23.3 Å². The maximum atomic E-state index is 12.2. The summed E-state index contributed by atoms with van der Waals surface area (Å²) in [4.78, 5) is 9.40. The van der Waals surface area contributed by atoms with E-state index in [2.05, 4.69) is 0 Å². The van der Waals surface area contributed by atoms with E-state index in [-0.39, 0.29) is 3.57 Å². The van der Waals surface area contributed by atoms with Crippen molar-refractivity contribution in [2.24, 2.45) is 0 Å². The fraction of sp³-hybridized carbons (Fsp3) is 0.143. The number of hydrogen-bond acceptors (Lipinski definition) is 3. The first-order valence-corrected chi connectivity index (χ1v) is 4.55. The van der Waals surface area contributed by atoms with Gasteiger partial charge in [-0.05, 0) is 28.7 Å². The van der Waals surface area contributed by atoms with Gasteiger partial charge in [0.25, 0.3) is 5.69 Å². The van der Waals surface area contributed by atoms with Crippen LogP contribution in [-0.2, 0) is 6.18 Å². The number of aromatic hydroxyl groups is 1. The Morgan fingerprint density at radius 2 is 1.93 bits per heavy atom. The molecule has 1 aromatic rings. The minimum Gasteiger partial charge on any atom is -0.507 e. The van der Waals surface area contributed by atoms with Crippen LogP contribution in [0.4, 0.5) is 18.9 Å². The Morgan fingerprint density at radius 1 is 1.40 bits per heavy atom. The van der Waals surface area contributed by atoms with Gasteiger partial charge in [0.05, 0.1) is 10.5 Å². The molecule has 0 bridgehead atoms. The summed E-state index contributed by atoms with van der Waals surface area (Å²) < 4.78 is 36.4. The summed E-state index contributed by atoms with van der Waals surface area (Å²) in [5.41, 5.74) is -2.00. The fourth-order valence-electron chi connectivity index (χ4n) is 0.891. The molecule has 0 radical (unpaired) electrons. The van der Waals surface area contributed by atoms with Gasteiger partial charge in [-0.2, -0.15) is 13.2 Å². The number of alkyl halides is 3. The van der Waals surface area contributed by atoms with Crippen LogP contribution in [0.25, 0.3) is 0 Å². The molecule has 82 valence electrons. The van der Waals surface area contributed by atoms with E-state index in [4.69, 9.17) is 5.11 Å². The first kappa shape index (κ1) is 12.0. The topological polar surface area (TPSA) is 63.4 Å². The molecule has 0 aliphatic carbocycles. The average molecular weight is 333 g/mol. The van der Waals surface area contributed by atoms with E-state index in [0.29, 0.717) is 12.1 Å². The highest BCUT2D eigenvalue weighted by atomic mass is 127. The molecular formula is C7H3F3INO3. The first-order valence-electron chi connectivity index (χ1n) is 3.47. The van der Waals surface area contributed by atoms with Crippen LogP contribution < -0.4 is 0 Å². The lowest BCUT2D eigenvalue weighted by atomic mass is 10.2. The van der Waals surface area contributed by atoms with Gasteiger partial charge in [0.15, 0.2) is 0 Å². The Bertz CT molecular complexity index is 419. The summed E-state index contributed by atoms with van der Waals surface area (Å²) in [6.45, 7) is 0. The van der Waals surface area contributed by atoms with Gasteiger partial charge in [0.2, 0.25) is 0 Å². The van der Waals surface area contributed by atoms with E-state index in [1.54, 1.807) is 0 Å². The van der Waals surface area contributed by atoms with E-state index >= 15 is 0 Å². The number of phenols is 1. The van der Waals surface area contributed by atoms with Crippen molar-refractivity contribution in [3.05, 3.63) is 31.4 Å². The maximum Gasteiger partial charge on any atom is 0.416 e. The number of rotatable bonds is 1. The number of hydrogen-bond donors (Lipinski definition) is 1. The number of nitro groups is 1. The lowest BCUT2D eigenvalue weighted by molar-refractivity contribution is -0.386. The average Bonchev–Trinajstić information content (AvgIpc) is 2.06. The monoisotopic (exact) mass is 333 g/mol. The highest BCUT2D eigenvalue weighted by Crippen LogP contribution is 2.37. The van der Waals surface area contributed by atoms with Crippen LogP contribution in [-0.4, -0.2) is 10.0 Å². The van der Waals surface area contributed by atoms with Crippen LogP contribution in [0.1, 0.15) is 5.56 Å². The zero-order chi connectivity index (χ0) is 11.8. The molecule has 0 heterocycles. The Hall–Kier alpha value is -1.06. The third kappa shape index (κ3) is 2.49. The molecule has 15 heavy (non-hydrogen) atoms. The second-order valence-electron chi connectivity index (χ2n) is 2.58. The number of phenolic OH excluding ortho intramolecular Hbond substituents is 1. The second-order valence-corrected chi connectivity index (χ2v) is 3.66. The molecule has 4 nitrogen and oxygen atoms in total. The van der Waals surface area contributed by atoms with Gasteiger partial charge in [0.1, 0.15) is 9.32 Å². The molecular weight excluding hydrogens is 330 g/mol. The molecule has 0 unspecified atom stereocenters. The molecule has 0 amide bonds. The van der Waals surface area contributed by atoms with Crippen molar-refractivity contribution in [1.82, 2.24) is 0 Å². The Kier molecular flexibility index (Phi) is 3.07. The normalized spacial score (nSPS) is 11.5. The summed E-state index contributed by atoms with van der Waals surface area (Å²) in [7, 11) is 0. The van der Waals surface area contributed by atoms with Gasteiger partial charge in [-0.25, -0.2) is 0 Å². The first-order chi connectivity index (χ1) is 6.73. The number of halogens is 4. The molecule has 0 aromatic heterocycles. The predicted molar refractivity (Wildman–Crippen MR) is 52.5 cm³/mol. The van der Waals surface area contributed by atoms with Gasteiger partial charge in [-0.3, -0.25) is 10.1 Å². The summed E-state index contributed by atoms with van der Waals surface area (Å²) in [6, 6.07) is 0.844. The van der Waals surface area contributed by atoms with Crippen molar-refractivity contribution in [2.45, 2.75) is 6.18 Å². The highest BCUT2D eigenvalue weighted by Gasteiger charge is 2.34. The van der Waals surface area contributed by atoms with Crippen molar-refractivity contribution in [3.8, 4) is 5.75 Å². The molecule has 1 rings (SSSR count). The predicted octanol–water partition coefficient (Wildman–Crippen LogP) is 2.92. The summed E-state index contributed by atoms with van der Waals surface area (Å²) in [6.07, 6.45) is -4.72. The smallest absolute Gasteiger partial charge is 0.416 e. The van der Waals surface area contributed by atoms with Gasteiger partial charge >= 0.3 is 6.18 Å². The maximum absolute atomic E-state index is 12.2. The van der Waals surface area contributed by atoms with Crippen LogP contribution in [0.2, 0.25) is 0 Å². The Labute approximate surface area is 95.0 Å². The van der Waals surface area contributed by atoms with Crippen molar-refractivity contribution in [1.29, 1.82) is 0 Å². The molecule has 0 aliphatic rings. The number of nitro benzene ring substituents is 1. The zero-order valence-corrected chi connectivity index (χ0v) is 9.03. The minimum absolute atomic E-state index is 0.217. The van der Waals surface area contributed by atoms with Crippen molar-refractivity contribution >= 4 is 28.3 Å². The largest absolute Gasteiger partial charge is 0.507 e. The second kappa shape index (κ2) is 3.83. The highest BCUT2D eigenvalue weighted by molar-refractivity contribution is 14.1. The molecule has 0 saturated carbocycles. The van der Waals surface area contributed by atoms with Crippen molar-refractivity contribution < 1.29 is 23.2 Å². The third-order valence-corrected chi connectivity index (χ3v) is 2.66. The van der Waals surface area contributed by atoms with Crippen molar-refractivity contribution in [2.75, 3.05) is 0 Å². The molecule has 0 saturated heterocycles. The van der Waals surface area contributed by atoms with Crippen LogP contribution in [0.3, 0.4) is 0 Å². The standard InChI is InChI=1S/C7H3F3INO3/c8-7(9,10)3-1-4(12(14)15)6(11)5(13)2-3/h1-2,13H. The molecule has 0 spiro atoms. The molecule has 0 fully saturated rings. The van der Waals surface area contributed by atoms with E-state index < -0.39 is 28.1 Å². The summed E-state index contributed by atoms with van der Waals surface area (Å²) >= 11 is 1.41. The van der Waals surface area contributed by atoms with Gasteiger partial charge in [0, 0.05) is 6.07 Å². The lowest BCUT2D eigenvalue weighted by Gasteiger charge is -2.07. The van der Waals surface area contributed by atoms with Gasteiger partial charge in [-0.15, -0.1) is 0 Å². The van der Waals surface area contributed by atoms with Gasteiger partial charge < -0.3 is 5.11 Å². The Balaban J connectivity index is 3.43. The van der Waals surface area contributed by atoms with Crippen LogP contribution in [0, 0.1) is 13.7 Å². The van der Waals surface area contributed by atoms with Crippen LogP contribution in [0.5, 0.6) is 5.75 Å². The molecule has 1 aromatic carbocycles. The lowest BCUT2D eigenvalue weighted by Crippen LogP contribution is -2.06. The molecule has 0 atom stereocenters. The van der Waals surface area contributed by atoms with Crippen LogP contribution in [0.15, 0.2) is 12.1 Å². The molecule has 8 heteroatoms. The number of benzene rings is 1. The number of nitrogens with zero attached hydrogens (tertiary/aromatic N) is 1. The minimum atomic E-state index is -4.72. The van der Waals surface area contributed by atoms with E-state index in [1.165, 1.54) is 22.6 Å². The fourth-order valence-corrected chi connectivity index (χ4v) is 1.40. The summed E-state index contributed by atoms with van der Waals surface area (Å²) in [5.74, 6) is -0.753. The van der Waals surface area contributed by atoms with Gasteiger partial charge in [-0.1, -0.05) is 0 Å². The third-order valence-electron chi connectivity index (χ3n) is 1.56. The molecule has 1 N–H and O–H groups in total. The SMILES string of the molecule is O=[N+]([O-])c1cc(C(F)(F)F)cc(O)c1I. The van der Waals surface area contributed by atoms with Crippen LogP contribution >= 0.6 is 22.6 Å². The summed E-state index contributed by atoms with van der Waals surface area (Å²) in [5, 5.41) is 19.5. The zero-order valence-electron chi connectivity index (χ0n) is 6.88. The van der Waals surface area contributed by atoms with E-state index in [1.807, 2.05) is 0 Å².